The van der Waals surface area contributed by atoms with Crippen molar-refractivity contribution >= 4 is 21.8 Å². The van der Waals surface area contributed by atoms with Gasteiger partial charge in [0.05, 0.1) is 18.8 Å². The van der Waals surface area contributed by atoms with Crippen molar-refractivity contribution in [3.8, 4) is 0 Å². The molecular weight excluding hydrogens is 320 g/mol. The second-order valence-electron chi connectivity index (χ2n) is 5.31. The number of morpholine rings is 1. The summed E-state index contributed by atoms with van der Waals surface area (Å²) in [5.41, 5.74) is 1.19. The van der Waals surface area contributed by atoms with Gasteiger partial charge >= 0.3 is 0 Å². The normalized spacial score (nSPS) is 25.6. The zero-order valence-corrected chi connectivity index (χ0v) is 12.9. The fraction of sp³-hybridized carbons (Fsp3) is 0.533. The number of nitrogens with one attached hydrogen (secondary N) is 1. The molecule has 2 atom stereocenters. The van der Waals surface area contributed by atoms with E-state index in [1.165, 1.54) is 5.56 Å². The van der Waals surface area contributed by atoms with Crippen LogP contribution in [0.25, 0.3) is 0 Å². The molecule has 2 heterocycles. The lowest BCUT2D eigenvalue weighted by atomic mass is 10.1. The molecule has 3 rings (SSSR count). The Morgan fingerprint density at radius 2 is 2.25 bits per heavy atom. The number of halogens is 1. The fourth-order valence-electron chi connectivity index (χ4n) is 2.99. The van der Waals surface area contributed by atoms with Crippen LogP contribution in [0, 0.1) is 0 Å². The van der Waals surface area contributed by atoms with Crippen molar-refractivity contribution in [3.05, 3.63) is 34.3 Å². The zero-order chi connectivity index (χ0) is 13.9. The molecule has 0 bridgehead atoms. The van der Waals surface area contributed by atoms with E-state index < -0.39 is 0 Å². The van der Waals surface area contributed by atoms with Gasteiger partial charge in [-0.1, -0.05) is 34.1 Å². The van der Waals surface area contributed by atoms with E-state index in [-0.39, 0.29) is 18.1 Å². The van der Waals surface area contributed by atoms with Crippen molar-refractivity contribution in [3.63, 3.8) is 0 Å². The van der Waals surface area contributed by atoms with E-state index >= 15 is 0 Å². The Bertz CT molecular complexity index is 495. The standard InChI is InChI=1S/C15H19BrN2O2/c16-12-4-2-1-3-11(12)5-6-15(19)18-7-8-20-14-10-17-9-13(14)18/h1-4,13-14,17H,5-10H2/t13-,14+/m1/s1. The highest BCUT2D eigenvalue weighted by Gasteiger charge is 2.37. The third-order valence-corrected chi connectivity index (χ3v) is 4.85. The molecular formula is C15H19BrN2O2. The predicted octanol–water partition coefficient (Wildman–Crippen LogP) is 1.58. The van der Waals surface area contributed by atoms with Crippen LogP contribution in [0.1, 0.15) is 12.0 Å². The molecule has 2 aliphatic rings. The molecule has 0 saturated carbocycles. The Labute approximate surface area is 127 Å². The van der Waals surface area contributed by atoms with Gasteiger partial charge in [0.2, 0.25) is 5.91 Å². The average Bonchev–Trinajstić information content (AvgIpc) is 2.94. The monoisotopic (exact) mass is 338 g/mol. The summed E-state index contributed by atoms with van der Waals surface area (Å²) < 4.78 is 6.78. The van der Waals surface area contributed by atoms with Crippen molar-refractivity contribution in [1.82, 2.24) is 10.2 Å². The van der Waals surface area contributed by atoms with Gasteiger partial charge in [-0.05, 0) is 18.1 Å². The molecule has 1 aromatic carbocycles. The smallest absolute Gasteiger partial charge is 0.223 e. The first-order valence-electron chi connectivity index (χ1n) is 7.11. The lowest BCUT2D eigenvalue weighted by molar-refractivity contribution is -0.142. The molecule has 2 aliphatic heterocycles. The quantitative estimate of drug-likeness (QED) is 0.909. The molecule has 1 amide bonds. The topological polar surface area (TPSA) is 41.6 Å². The molecule has 1 aromatic rings. The number of carbonyl (C=O) groups excluding carboxylic acids is 1. The van der Waals surface area contributed by atoms with Crippen LogP contribution in [0.2, 0.25) is 0 Å². The molecule has 0 aliphatic carbocycles. The molecule has 108 valence electrons. The van der Waals surface area contributed by atoms with Gasteiger partial charge in [0.25, 0.3) is 0 Å². The van der Waals surface area contributed by atoms with Crippen LogP contribution in [0.5, 0.6) is 0 Å². The number of amides is 1. The van der Waals surface area contributed by atoms with Crippen LogP contribution in [0.15, 0.2) is 28.7 Å². The number of hydrogen-bond donors (Lipinski definition) is 1. The van der Waals surface area contributed by atoms with E-state index in [2.05, 4.69) is 27.3 Å². The minimum absolute atomic E-state index is 0.177. The first kappa shape index (κ1) is 14.0. The summed E-state index contributed by atoms with van der Waals surface area (Å²) in [7, 11) is 0. The number of aryl methyl sites for hydroxylation is 1. The summed E-state index contributed by atoms with van der Waals surface area (Å²) in [4.78, 5) is 14.5. The van der Waals surface area contributed by atoms with Crippen LogP contribution in [0.4, 0.5) is 0 Å². The Morgan fingerprint density at radius 1 is 1.40 bits per heavy atom. The molecule has 0 aromatic heterocycles. The number of carbonyl (C=O) groups is 1. The van der Waals surface area contributed by atoms with Gasteiger partial charge in [0.15, 0.2) is 0 Å². The highest BCUT2D eigenvalue weighted by Crippen LogP contribution is 2.21. The minimum Gasteiger partial charge on any atom is -0.373 e. The molecule has 0 unspecified atom stereocenters. The van der Waals surface area contributed by atoms with Crippen LogP contribution < -0.4 is 5.32 Å². The Morgan fingerprint density at radius 3 is 3.10 bits per heavy atom. The van der Waals surface area contributed by atoms with Crippen LogP contribution in [-0.4, -0.2) is 49.2 Å². The lowest BCUT2D eigenvalue weighted by Gasteiger charge is -2.37. The minimum atomic E-state index is 0.177. The van der Waals surface area contributed by atoms with Crippen molar-refractivity contribution in [2.24, 2.45) is 0 Å². The van der Waals surface area contributed by atoms with Gasteiger partial charge in [-0.2, -0.15) is 0 Å². The van der Waals surface area contributed by atoms with Gasteiger partial charge in [-0.15, -0.1) is 0 Å². The molecule has 0 radical (unpaired) electrons. The summed E-state index contributed by atoms with van der Waals surface area (Å²) in [6, 6.07) is 8.31. The second-order valence-corrected chi connectivity index (χ2v) is 6.17. The van der Waals surface area contributed by atoms with Gasteiger partial charge < -0.3 is 15.0 Å². The van der Waals surface area contributed by atoms with E-state index in [0.717, 1.165) is 30.5 Å². The molecule has 0 spiro atoms. The highest BCUT2D eigenvalue weighted by molar-refractivity contribution is 9.10. The first-order chi connectivity index (χ1) is 9.75. The third kappa shape index (κ3) is 2.90. The predicted molar refractivity (Wildman–Crippen MR) is 80.6 cm³/mol. The van der Waals surface area contributed by atoms with Crippen molar-refractivity contribution in [2.75, 3.05) is 26.2 Å². The molecule has 20 heavy (non-hydrogen) atoms. The third-order valence-electron chi connectivity index (χ3n) is 4.08. The number of fused-ring (bicyclic) bond motifs is 1. The Hall–Kier alpha value is -0.910. The fourth-order valence-corrected chi connectivity index (χ4v) is 3.47. The number of ether oxygens (including phenoxy) is 1. The van der Waals surface area contributed by atoms with Gasteiger partial charge in [-0.25, -0.2) is 0 Å². The highest BCUT2D eigenvalue weighted by atomic mass is 79.9. The first-order valence-corrected chi connectivity index (χ1v) is 7.90. The largest absolute Gasteiger partial charge is 0.373 e. The Balaban J connectivity index is 1.60. The molecule has 2 fully saturated rings. The summed E-state index contributed by atoms with van der Waals surface area (Å²) in [5, 5.41) is 3.31. The van der Waals surface area contributed by atoms with E-state index in [1.54, 1.807) is 0 Å². The van der Waals surface area contributed by atoms with Gasteiger partial charge in [-0.3, -0.25) is 4.79 Å². The Kier molecular flexibility index (Phi) is 4.38. The molecule has 2 saturated heterocycles. The SMILES string of the molecule is O=C(CCc1ccccc1Br)N1CCO[C@H]2CNC[C@H]21. The number of hydrogen-bond acceptors (Lipinski definition) is 3. The maximum Gasteiger partial charge on any atom is 0.223 e. The maximum absolute atomic E-state index is 12.5. The van der Waals surface area contributed by atoms with E-state index in [4.69, 9.17) is 4.74 Å². The van der Waals surface area contributed by atoms with Crippen LogP contribution in [0.3, 0.4) is 0 Å². The van der Waals surface area contributed by atoms with Gasteiger partial charge in [0, 0.05) is 30.5 Å². The van der Waals surface area contributed by atoms with Crippen molar-refractivity contribution in [1.29, 1.82) is 0 Å². The average molecular weight is 339 g/mol. The number of nitrogens with zero attached hydrogens (tertiary/aromatic N) is 1. The molecule has 4 nitrogen and oxygen atoms in total. The van der Waals surface area contributed by atoms with E-state index in [9.17, 15) is 4.79 Å². The summed E-state index contributed by atoms with van der Waals surface area (Å²) in [5.74, 6) is 0.239. The number of benzene rings is 1. The zero-order valence-electron chi connectivity index (χ0n) is 11.3. The van der Waals surface area contributed by atoms with Crippen LogP contribution >= 0.6 is 15.9 Å². The summed E-state index contributed by atoms with van der Waals surface area (Å²) in [6.45, 7) is 3.09. The molecule has 5 heteroatoms. The van der Waals surface area contributed by atoms with E-state index in [1.807, 2.05) is 23.1 Å². The van der Waals surface area contributed by atoms with E-state index in [0.29, 0.717) is 13.0 Å². The van der Waals surface area contributed by atoms with Crippen molar-refractivity contribution in [2.45, 2.75) is 25.0 Å². The van der Waals surface area contributed by atoms with Crippen molar-refractivity contribution < 1.29 is 9.53 Å². The summed E-state index contributed by atoms with van der Waals surface area (Å²) >= 11 is 3.53. The maximum atomic E-state index is 12.5. The summed E-state index contributed by atoms with van der Waals surface area (Å²) in [6.07, 6.45) is 1.52. The second kappa shape index (κ2) is 6.24. The number of rotatable bonds is 3. The lowest BCUT2D eigenvalue weighted by Crippen LogP contribution is -2.53. The molecule has 1 N–H and O–H groups in total. The van der Waals surface area contributed by atoms with Gasteiger partial charge in [0.1, 0.15) is 0 Å². The van der Waals surface area contributed by atoms with Crippen LogP contribution in [-0.2, 0) is 16.0 Å².